The monoisotopic (exact) mass is 329 g/mol. The molecule has 3 rings (SSSR count). The molecule has 1 saturated carbocycles. The first-order chi connectivity index (χ1) is 10.9. The van der Waals surface area contributed by atoms with Crippen molar-refractivity contribution in [3.05, 3.63) is 18.0 Å². The van der Waals surface area contributed by atoms with Crippen LogP contribution in [-0.4, -0.2) is 39.9 Å². The second kappa shape index (κ2) is 5.83. The zero-order valence-electron chi connectivity index (χ0n) is 13.3. The summed E-state index contributed by atoms with van der Waals surface area (Å²) in [4.78, 5) is 14.3. The maximum atomic E-state index is 13.3. The van der Waals surface area contributed by atoms with Gasteiger partial charge in [0.2, 0.25) is 0 Å². The van der Waals surface area contributed by atoms with Crippen molar-refractivity contribution in [2.75, 3.05) is 13.1 Å². The van der Waals surface area contributed by atoms with E-state index in [0.717, 1.165) is 12.8 Å². The van der Waals surface area contributed by atoms with Crippen LogP contribution in [0.5, 0.6) is 0 Å². The maximum Gasteiger partial charge on any atom is 0.392 e. The third-order valence-electron chi connectivity index (χ3n) is 5.34. The summed E-state index contributed by atoms with van der Waals surface area (Å²) in [5.41, 5.74) is -0.284. The molecule has 1 aromatic rings. The van der Waals surface area contributed by atoms with Gasteiger partial charge in [-0.05, 0) is 37.2 Å². The molecule has 0 N–H and O–H groups in total. The number of likely N-dealkylation sites (tertiary alicyclic amines) is 1. The first-order valence-electron chi connectivity index (χ1n) is 8.25. The van der Waals surface area contributed by atoms with Gasteiger partial charge in [-0.1, -0.05) is 13.3 Å². The van der Waals surface area contributed by atoms with Crippen LogP contribution in [-0.2, 0) is 6.54 Å². The average molecular weight is 329 g/mol. The number of hydrogen-bond donors (Lipinski definition) is 0. The predicted octanol–water partition coefficient (Wildman–Crippen LogP) is 3.49. The van der Waals surface area contributed by atoms with Crippen LogP contribution in [0.2, 0.25) is 0 Å². The third kappa shape index (κ3) is 2.85. The quantitative estimate of drug-likeness (QED) is 0.851. The van der Waals surface area contributed by atoms with E-state index < -0.39 is 17.5 Å². The van der Waals surface area contributed by atoms with E-state index in [2.05, 4.69) is 5.10 Å². The van der Waals surface area contributed by atoms with Crippen LogP contribution in [0.15, 0.2) is 12.3 Å². The lowest BCUT2D eigenvalue weighted by atomic mass is 9.58. The highest BCUT2D eigenvalue weighted by Gasteiger charge is 2.58. The van der Waals surface area contributed by atoms with Gasteiger partial charge >= 0.3 is 6.18 Å². The number of piperidine rings is 1. The Morgan fingerprint density at radius 3 is 2.74 bits per heavy atom. The van der Waals surface area contributed by atoms with Crippen LogP contribution >= 0.6 is 0 Å². The zero-order valence-corrected chi connectivity index (χ0v) is 13.3. The molecule has 0 bridgehead atoms. The second-order valence-electron chi connectivity index (χ2n) is 6.77. The Hall–Kier alpha value is -1.53. The molecule has 2 fully saturated rings. The van der Waals surface area contributed by atoms with E-state index >= 15 is 0 Å². The molecule has 1 spiro atoms. The maximum absolute atomic E-state index is 13.3. The summed E-state index contributed by atoms with van der Waals surface area (Å²) >= 11 is 0. The molecule has 1 amide bonds. The molecule has 1 aliphatic heterocycles. The molecular weight excluding hydrogens is 307 g/mol. The number of carbonyl (C=O) groups is 1. The Labute approximate surface area is 133 Å². The minimum Gasteiger partial charge on any atom is -0.337 e. The van der Waals surface area contributed by atoms with Gasteiger partial charge in [-0.25, -0.2) is 0 Å². The smallest absolute Gasteiger partial charge is 0.337 e. The van der Waals surface area contributed by atoms with E-state index in [1.54, 1.807) is 21.8 Å². The van der Waals surface area contributed by atoms with Gasteiger partial charge in [0.1, 0.15) is 5.69 Å². The summed E-state index contributed by atoms with van der Waals surface area (Å²) in [5.74, 6) is -1.46. The number of rotatable bonds is 3. The fraction of sp³-hybridized carbons (Fsp3) is 0.750. The largest absolute Gasteiger partial charge is 0.392 e. The first-order valence-corrected chi connectivity index (χ1v) is 8.25. The molecule has 2 aliphatic rings. The van der Waals surface area contributed by atoms with Crippen LogP contribution < -0.4 is 0 Å². The summed E-state index contributed by atoms with van der Waals surface area (Å²) in [6.07, 6.45) is 0.218. The van der Waals surface area contributed by atoms with Crippen LogP contribution in [0.3, 0.4) is 0 Å². The Kier molecular flexibility index (Phi) is 4.14. The molecule has 0 radical (unpaired) electrons. The Morgan fingerprint density at radius 2 is 2.17 bits per heavy atom. The van der Waals surface area contributed by atoms with Crippen molar-refractivity contribution < 1.29 is 18.0 Å². The van der Waals surface area contributed by atoms with E-state index in [9.17, 15) is 18.0 Å². The van der Waals surface area contributed by atoms with Gasteiger partial charge in [0.05, 0.1) is 5.92 Å². The SMILES string of the molecule is CCCn1nccc1C(=O)N1CCC(C(F)(F)F)C2(CCC2)C1. The summed E-state index contributed by atoms with van der Waals surface area (Å²) in [6, 6.07) is 1.65. The second-order valence-corrected chi connectivity index (χ2v) is 6.77. The molecule has 2 heterocycles. The lowest BCUT2D eigenvalue weighted by molar-refractivity contribution is -0.235. The molecule has 1 aliphatic carbocycles. The van der Waals surface area contributed by atoms with Gasteiger partial charge < -0.3 is 4.90 Å². The van der Waals surface area contributed by atoms with Crippen LogP contribution in [0, 0.1) is 11.3 Å². The van der Waals surface area contributed by atoms with E-state index in [1.165, 1.54) is 0 Å². The zero-order chi connectivity index (χ0) is 16.7. The van der Waals surface area contributed by atoms with Gasteiger partial charge in [0, 0.05) is 25.8 Å². The third-order valence-corrected chi connectivity index (χ3v) is 5.34. The van der Waals surface area contributed by atoms with E-state index in [1.807, 2.05) is 6.92 Å². The molecule has 1 aromatic heterocycles. The van der Waals surface area contributed by atoms with Crippen molar-refractivity contribution in [1.82, 2.24) is 14.7 Å². The van der Waals surface area contributed by atoms with Crippen molar-refractivity contribution in [1.29, 1.82) is 0 Å². The standard InChI is InChI=1S/C16H22F3N3O/c1-2-9-22-12(4-8-20-22)14(23)21-10-5-13(16(17,18)19)15(11-21)6-3-7-15/h4,8,13H,2-3,5-7,9-11H2,1H3. The molecule has 0 aromatic carbocycles. The normalized spacial score (nSPS) is 23.8. The number of halogens is 3. The van der Waals surface area contributed by atoms with E-state index in [4.69, 9.17) is 0 Å². The van der Waals surface area contributed by atoms with Crippen LogP contribution in [0.25, 0.3) is 0 Å². The number of aryl methyl sites for hydroxylation is 1. The topological polar surface area (TPSA) is 38.1 Å². The van der Waals surface area contributed by atoms with Gasteiger partial charge in [-0.2, -0.15) is 18.3 Å². The predicted molar refractivity (Wildman–Crippen MR) is 78.9 cm³/mol. The fourth-order valence-corrected chi connectivity index (χ4v) is 4.05. The molecule has 128 valence electrons. The molecule has 1 unspecified atom stereocenters. The lowest BCUT2D eigenvalue weighted by Crippen LogP contribution is -2.57. The summed E-state index contributed by atoms with van der Waals surface area (Å²) in [6.45, 7) is 3.02. The summed E-state index contributed by atoms with van der Waals surface area (Å²) in [7, 11) is 0. The highest BCUT2D eigenvalue weighted by atomic mass is 19.4. The first kappa shape index (κ1) is 16.3. The van der Waals surface area contributed by atoms with E-state index in [-0.39, 0.29) is 25.4 Å². The minimum absolute atomic E-state index is 0.0111. The number of amides is 1. The van der Waals surface area contributed by atoms with Crippen molar-refractivity contribution in [2.24, 2.45) is 11.3 Å². The number of alkyl halides is 3. The highest BCUT2D eigenvalue weighted by Crippen LogP contribution is 2.56. The van der Waals surface area contributed by atoms with Crippen molar-refractivity contribution >= 4 is 5.91 Å². The number of carbonyl (C=O) groups excluding carboxylic acids is 1. The summed E-state index contributed by atoms with van der Waals surface area (Å²) in [5, 5.41) is 4.14. The van der Waals surface area contributed by atoms with Gasteiger partial charge in [-0.3, -0.25) is 9.48 Å². The number of aromatic nitrogens is 2. The lowest BCUT2D eigenvalue weighted by Gasteiger charge is -2.54. The van der Waals surface area contributed by atoms with Gasteiger partial charge in [-0.15, -0.1) is 0 Å². The van der Waals surface area contributed by atoms with Crippen molar-refractivity contribution in [2.45, 2.75) is 51.7 Å². The van der Waals surface area contributed by atoms with E-state index in [0.29, 0.717) is 25.1 Å². The Morgan fingerprint density at radius 1 is 1.43 bits per heavy atom. The number of nitrogens with zero attached hydrogens (tertiary/aromatic N) is 3. The molecule has 23 heavy (non-hydrogen) atoms. The minimum atomic E-state index is -4.17. The highest BCUT2D eigenvalue weighted by molar-refractivity contribution is 5.92. The Balaban J connectivity index is 1.78. The van der Waals surface area contributed by atoms with Crippen molar-refractivity contribution in [3.8, 4) is 0 Å². The molecule has 1 atom stereocenters. The van der Waals surface area contributed by atoms with Crippen LogP contribution in [0.1, 0.15) is 49.5 Å². The van der Waals surface area contributed by atoms with Gasteiger partial charge in [0.15, 0.2) is 0 Å². The van der Waals surface area contributed by atoms with Crippen molar-refractivity contribution in [3.63, 3.8) is 0 Å². The average Bonchev–Trinajstić information content (AvgIpc) is 2.92. The van der Waals surface area contributed by atoms with Crippen LogP contribution in [0.4, 0.5) is 13.2 Å². The Bertz CT molecular complexity index is 577. The fourth-order valence-electron chi connectivity index (χ4n) is 4.05. The molecular formula is C16H22F3N3O. The summed E-state index contributed by atoms with van der Waals surface area (Å²) < 4.78 is 41.6. The molecule has 7 heteroatoms. The van der Waals surface area contributed by atoms with Gasteiger partial charge in [0.25, 0.3) is 5.91 Å². The molecule has 1 saturated heterocycles. The number of hydrogen-bond acceptors (Lipinski definition) is 2. The molecule has 4 nitrogen and oxygen atoms in total.